The van der Waals surface area contributed by atoms with Gasteiger partial charge in [-0.2, -0.15) is 0 Å². The summed E-state index contributed by atoms with van der Waals surface area (Å²) < 4.78 is 5.61. The van der Waals surface area contributed by atoms with Crippen LogP contribution >= 0.6 is 0 Å². The molecule has 1 heterocycles. The first kappa shape index (κ1) is 23.8. The number of rotatable bonds is 8. The molecule has 7 heteroatoms. The molecule has 0 saturated carbocycles. The van der Waals surface area contributed by atoms with E-state index in [0.717, 1.165) is 35.1 Å². The number of benzene rings is 2. The Morgan fingerprint density at radius 2 is 1.68 bits per heavy atom. The standard InChI is InChI=1S/C27H32N2O5/c1-4-5-14-22(24(30)29-16-27(2,3)23(29)25(31)32)28-26(33)34-15-21-19-12-8-6-10-17(19)18-11-7-9-13-20(18)21/h6-13,21-23H,4-5,14-16H2,1-3H3,(H,28,33)(H,31,32). The Labute approximate surface area is 200 Å². The molecule has 180 valence electrons. The summed E-state index contributed by atoms with van der Waals surface area (Å²) in [7, 11) is 0. The lowest BCUT2D eigenvalue weighted by Gasteiger charge is -2.52. The van der Waals surface area contributed by atoms with Gasteiger partial charge in [0.15, 0.2) is 0 Å². The first-order valence-corrected chi connectivity index (χ1v) is 11.9. The van der Waals surface area contributed by atoms with Crippen molar-refractivity contribution in [1.29, 1.82) is 0 Å². The molecule has 2 aromatic carbocycles. The summed E-state index contributed by atoms with van der Waals surface area (Å²) in [6, 6.07) is 14.5. The summed E-state index contributed by atoms with van der Waals surface area (Å²) in [5, 5.41) is 12.3. The van der Waals surface area contributed by atoms with Crippen LogP contribution in [0.5, 0.6) is 0 Å². The minimum absolute atomic E-state index is 0.0736. The maximum absolute atomic E-state index is 13.1. The molecule has 0 bridgehead atoms. The van der Waals surface area contributed by atoms with E-state index in [1.165, 1.54) is 4.90 Å². The molecule has 2 unspecified atom stereocenters. The molecule has 0 aromatic heterocycles. The third-order valence-corrected chi connectivity index (χ3v) is 6.93. The number of aliphatic carboxylic acids is 1. The minimum atomic E-state index is -1.03. The van der Waals surface area contributed by atoms with Gasteiger partial charge in [-0.3, -0.25) is 4.79 Å². The number of nitrogens with zero attached hydrogens (tertiary/aromatic N) is 1. The fraction of sp³-hybridized carbons (Fsp3) is 0.444. The molecule has 1 aliphatic carbocycles. The number of carbonyl (C=O) groups excluding carboxylic acids is 2. The molecule has 2 aliphatic rings. The second-order valence-corrected chi connectivity index (χ2v) is 9.86. The van der Waals surface area contributed by atoms with Gasteiger partial charge in [0.2, 0.25) is 5.91 Å². The summed E-state index contributed by atoms with van der Waals surface area (Å²) >= 11 is 0. The molecular weight excluding hydrogens is 432 g/mol. The monoisotopic (exact) mass is 464 g/mol. The van der Waals surface area contributed by atoms with Gasteiger partial charge in [0.05, 0.1) is 0 Å². The van der Waals surface area contributed by atoms with Crippen molar-refractivity contribution in [3.05, 3.63) is 59.7 Å². The Bertz CT molecular complexity index is 1050. The van der Waals surface area contributed by atoms with Crippen LogP contribution in [0.2, 0.25) is 0 Å². The van der Waals surface area contributed by atoms with E-state index in [1.807, 2.05) is 57.2 Å². The first-order valence-electron chi connectivity index (χ1n) is 11.9. The number of carboxylic acid groups (broad SMARTS) is 1. The predicted molar refractivity (Wildman–Crippen MR) is 128 cm³/mol. The molecule has 0 radical (unpaired) electrons. The maximum Gasteiger partial charge on any atom is 0.407 e. The SMILES string of the molecule is CCCCC(NC(=O)OCC1c2ccccc2-c2ccccc21)C(=O)N1CC(C)(C)C1C(=O)O. The number of likely N-dealkylation sites (tertiary alicyclic amines) is 1. The van der Waals surface area contributed by atoms with Crippen molar-refractivity contribution in [2.45, 2.75) is 58.0 Å². The molecule has 2 aromatic rings. The highest BCUT2D eigenvalue weighted by Crippen LogP contribution is 2.44. The normalized spacial score (nSPS) is 18.9. The van der Waals surface area contributed by atoms with Crippen LogP contribution in [0.1, 0.15) is 57.1 Å². The topological polar surface area (TPSA) is 95.9 Å². The molecule has 0 spiro atoms. The van der Waals surface area contributed by atoms with Crippen molar-refractivity contribution in [1.82, 2.24) is 10.2 Å². The smallest absolute Gasteiger partial charge is 0.407 e. The number of alkyl carbamates (subject to hydrolysis) is 1. The number of nitrogens with one attached hydrogen (secondary N) is 1. The second kappa shape index (κ2) is 9.49. The summed E-state index contributed by atoms with van der Waals surface area (Å²) in [6.45, 7) is 6.16. The van der Waals surface area contributed by atoms with Crippen molar-refractivity contribution < 1.29 is 24.2 Å². The number of fused-ring (bicyclic) bond motifs is 3. The quantitative estimate of drug-likeness (QED) is 0.604. The number of carboxylic acids is 1. The summed E-state index contributed by atoms with van der Waals surface area (Å²) in [6.07, 6.45) is 1.35. The van der Waals surface area contributed by atoms with Gasteiger partial charge >= 0.3 is 12.1 Å². The van der Waals surface area contributed by atoms with E-state index in [-0.39, 0.29) is 18.4 Å². The maximum atomic E-state index is 13.1. The molecular formula is C27H32N2O5. The van der Waals surface area contributed by atoms with Crippen LogP contribution in [-0.4, -0.2) is 53.2 Å². The van der Waals surface area contributed by atoms with Gasteiger partial charge in [0.25, 0.3) is 0 Å². The lowest BCUT2D eigenvalue weighted by atomic mass is 9.74. The number of unbranched alkanes of at least 4 members (excludes halogenated alkanes) is 1. The second-order valence-electron chi connectivity index (χ2n) is 9.86. The van der Waals surface area contributed by atoms with Crippen molar-refractivity contribution in [2.75, 3.05) is 13.2 Å². The largest absolute Gasteiger partial charge is 0.480 e. The fourth-order valence-electron chi connectivity index (χ4n) is 5.25. The molecule has 2 amide bonds. The van der Waals surface area contributed by atoms with Crippen molar-refractivity contribution in [2.24, 2.45) is 5.41 Å². The van der Waals surface area contributed by atoms with Crippen LogP contribution in [0.4, 0.5) is 4.79 Å². The highest BCUT2D eigenvalue weighted by molar-refractivity contribution is 5.91. The van der Waals surface area contributed by atoms with Crippen LogP contribution in [0, 0.1) is 5.41 Å². The minimum Gasteiger partial charge on any atom is -0.480 e. The summed E-state index contributed by atoms with van der Waals surface area (Å²) in [5.41, 5.74) is 4.01. The van der Waals surface area contributed by atoms with E-state index in [4.69, 9.17) is 4.74 Å². The molecule has 7 nitrogen and oxygen atoms in total. The average molecular weight is 465 g/mol. The zero-order chi connectivity index (χ0) is 24.5. The van der Waals surface area contributed by atoms with E-state index in [0.29, 0.717) is 13.0 Å². The highest BCUT2D eigenvalue weighted by Gasteiger charge is 2.53. The van der Waals surface area contributed by atoms with Crippen LogP contribution < -0.4 is 5.32 Å². The fourth-order valence-corrected chi connectivity index (χ4v) is 5.25. The Morgan fingerprint density at radius 3 is 2.21 bits per heavy atom. The number of ether oxygens (including phenoxy) is 1. The summed E-state index contributed by atoms with van der Waals surface area (Å²) in [5.74, 6) is -1.47. The molecule has 4 rings (SSSR count). The van der Waals surface area contributed by atoms with Crippen molar-refractivity contribution in [3.63, 3.8) is 0 Å². The zero-order valence-corrected chi connectivity index (χ0v) is 19.9. The molecule has 2 atom stereocenters. The number of carbonyl (C=O) groups is 3. The van der Waals surface area contributed by atoms with Gasteiger partial charge in [-0.15, -0.1) is 0 Å². The Balaban J connectivity index is 1.43. The number of hydrogen-bond donors (Lipinski definition) is 2. The third-order valence-electron chi connectivity index (χ3n) is 6.93. The van der Waals surface area contributed by atoms with Gasteiger partial charge in [-0.05, 0) is 28.7 Å². The third kappa shape index (κ3) is 4.39. The lowest BCUT2D eigenvalue weighted by Crippen LogP contribution is -2.69. The van der Waals surface area contributed by atoms with Gasteiger partial charge in [-0.1, -0.05) is 82.1 Å². The van der Waals surface area contributed by atoms with E-state index < -0.39 is 29.6 Å². The average Bonchev–Trinajstić information content (AvgIpc) is 3.12. The van der Waals surface area contributed by atoms with E-state index >= 15 is 0 Å². The van der Waals surface area contributed by atoms with Gasteiger partial charge in [-0.25, -0.2) is 9.59 Å². The van der Waals surface area contributed by atoms with Crippen LogP contribution in [0.15, 0.2) is 48.5 Å². The van der Waals surface area contributed by atoms with Gasteiger partial charge < -0.3 is 20.1 Å². The number of amides is 2. The number of hydrogen-bond acceptors (Lipinski definition) is 4. The van der Waals surface area contributed by atoms with Crippen LogP contribution in [0.3, 0.4) is 0 Å². The Kier molecular flexibility index (Phi) is 6.64. The predicted octanol–water partition coefficient (Wildman–Crippen LogP) is 4.41. The van der Waals surface area contributed by atoms with Crippen molar-refractivity contribution in [3.8, 4) is 11.1 Å². The lowest BCUT2D eigenvalue weighted by molar-refractivity contribution is -0.172. The van der Waals surface area contributed by atoms with E-state index in [1.54, 1.807) is 0 Å². The van der Waals surface area contributed by atoms with Crippen LogP contribution in [0.25, 0.3) is 11.1 Å². The van der Waals surface area contributed by atoms with Gasteiger partial charge in [0, 0.05) is 17.9 Å². The molecule has 1 fully saturated rings. The van der Waals surface area contributed by atoms with Gasteiger partial charge in [0.1, 0.15) is 18.7 Å². The van der Waals surface area contributed by atoms with E-state index in [2.05, 4.69) is 17.4 Å². The van der Waals surface area contributed by atoms with Crippen LogP contribution in [-0.2, 0) is 14.3 Å². The molecule has 2 N–H and O–H groups in total. The first-order chi connectivity index (χ1) is 16.2. The Morgan fingerprint density at radius 1 is 1.09 bits per heavy atom. The highest BCUT2D eigenvalue weighted by atomic mass is 16.5. The molecule has 1 aliphatic heterocycles. The zero-order valence-electron chi connectivity index (χ0n) is 19.9. The summed E-state index contributed by atoms with van der Waals surface area (Å²) in [4.78, 5) is 39.0. The molecule has 1 saturated heterocycles. The Hall–Kier alpha value is -3.35. The van der Waals surface area contributed by atoms with E-state index in [9.17, 15) is 19.5 Å². The van der Waals surface area contributed by atoms with Crippen molar-refractivity contribution >= 4 is 18.0 Å². The molecule has 34 heavy (non-hydrogen) atoms.